The van der Waals surface area contributed by atoms with Crippen LogP contribution in [0, 0.1) is 0 Å². The van der Waals surface area contributed by atoms with Crippen LogP contribution in [-0.4, -0.2) is 44.4 Å². The van der Waals surface area contributed by atoms with Gasteiger partial charge < -0.3 is 20.4 Å². The molecule has 0 amide bonds. The third-order valence-corrected chi connectivity index (χ3v) is 2.98. The summed E-state index contributed by atoms with van der Waals surface area (Å²) < 4.78 is 0. The van der Waals surface area contributed by atoms with Crippen LogP contribution in [0.1, 0.15) is 112 Å². The largest absolute Gasteiger partial charge is 0.481 e. The van der Waals surface area contributed by atoms with E-state index < -0.39 is 17.9 Å². The van der Waals surface area contributed by atoms with Gasteiger partial charge in [0.15, 0.2) is 0 Å². The van der Waals surface area contributed by atoms with Crippen molar-refractivity contribution in [1.29, 1.82) is 0 Å². The molecule has 0 radical (unpaired) electrons. The van der Waals surface area contributed by atoms with E-state index in [2.05, 4.69) is 20.8 Å². The number of aliphatic carboxylic acids is 3. The van der Waals surface area contributed by atoms with E-state index in [4.69, 9.17) is 20.4 Å². The summed E-state index contributed by atoms with van der Waals surface area (Å²) in [7, 11) is 0. The Kier molecular flexibility index (Phi) is 46.1. The van der Waals surface area contributed by atoms with Crippen molar-refractivity contribution in [1.82, 2.24) is 0 Å². The van der Waals surface area contributed by atoms with Gasteiger partial charge >= 0.3 is 17.9 Å². The van der Waals surface area contributed by atoms with Crippen LogP contribution in [0.15, 0.2) is 0 Å². The fourth-order valence-corrected chi connectivity index (χ4v) is 1.58. The molecule has 0 aliphatic carbocycles. The Morgan fingerprint density at radius 2 is 0.759 bits per heavy atom. The molecule has 8 heteroatoms. The van der Waals surface area contributed by atoms with Crippen molar-refractivity contribution < 1.29 is 56.5 Å². The quantitative estimate of drug-likeness (QED) is 0.230. The zero-order valence-electron chi connectivity index (χ0n) is 19.1. The maximum atomic E-state index is 9.87. The van der Waals surface area contributed by atoms with Crippen molar-refractivity contribution in [2.45, 2.75) is 118 Å². The number of rotatable bonds is 12. The summed E-state index contributed by atoms with van der Waals surface area (Å²) in [6, 6.07) is 0. The van der Waals surface area contributed by atoms with Crippen LogP contribution < -0.4 is 0 Å². The average Bonchev–Trinajstić information content (AvgIpc) is 2.55. The number of carboxylic acids is 3. The molecular weight excluding hydrogens is 412 g/mol. The van der Waals surface area contributed by atoms with E-state index in [-0.39, 0.29) is 27.8 Å². The third-order valence-electron chi connectivity index (χ3n) is 2.98. The number of aliphatic hydroxyl groups is 1. The Morgan fingerprint density at radius 1 is 0.586 bits per heavy atom. The first-order chi connectivity index (χ1) is 13.0. The van der Waals surface area contributed by atoms with Crippen molar-refractivity contribution in [3.8, 4) is 0 Å². The van der Waals surface area contributed by atoms with E-state index in [0.717, 1.165) is 57.8 Å². The second kappa shape index (κ2) is 34.6. The van der Waals surface area contributed by atoms with E-state index in [1.165, 1.54) is 0 Å². The number of carbonyl (C=O) groups is 3. The standard InChI is InChI=1S/3C6H12O2.C3H8O.Ti/c3*1-2-3-4-5-6(7)8;1-3(2)4;/h3*2-5H2,1H3,(H,7,8);3-4H,1-2H3;. The molecule has 0 heterocycles. The molecule has 0 spiro atoms. The van der Waals surface area contributed by atoms with Gasteiger partial charge in [-0.3, -0.25) is 14.4 Å². The Labute approximate surface area is 192 Å². The molecule has 0 fully saturated rings. The number of aliphatic hydroxyl groups excluding tert-OH is 1. The summed E-state index contributed by atoms with van der Waals surface area (Å²) >= 11 is 0. The zero-order chi connectivity index (χ0) is 22.8. The number of unbranched alkanes of at least 4 members (excludes halogenated alkanes) is 6. The molecule has 0 saturated carbocycles. The first-order valence-corrected chi connectivity index (χ1v) is 10.4. The number of hydrogen-bond donors (Lipinski definition) is 4. The van der Waals surface area contributed by atoms with E-state index in [1.807, 2.05) is 0 Å². The van der Waals surface area contributed by atoms with Crippen LogP contribution in [0.4, 0.5) is 0 Å². The smallest absolute Gasteiger partial charge is 0.303 e. The normalized spacial score (nSPS) is 8.79. The summed E-state index contributed by atoms with van der Waals surface area (Å²) in [5, 5.41) is 32.5. The molecule has 7 nitrogen and oxygen atoms in total. The Bertz CT molecular complexity index is 298. The maximum absolute atomic E-state index is 9.87. The Hall–Kier alpha value is -0.916. The maximum Gasteiger partial charge on any atom is 0.303 e. The molecule has 0 aromatic rings. The number of carboxylic acid groups (broad SMARTS) is 3. The van der Waals surface area contributed by atoms with E-state index in [9.17, 15) is 14.4 Å². The molecular formula is C21H44O7Ti. The fraction of sp³-hybridized carbons (Fsp3) is 0.857. The summed E-state index contributed by atoms with van der Waals surface area (Å²) in [4.78, 5) is 29.6. The second-order valence-electron chi connectivity index (χ2n) is 6.65. The van der Waals surface area contributed by atoms with Crippen molar-refractivity contribution in [3.63, 3.8) is 0 Å². The van der Waals surface area contributed by atoms with Gasteiger partial charge in [-0.15, -0.1) is 0 Å². The summed E-state index contributed by atoms with van der Waals surface area (Å²) in [5.41, 5.74) is 0. The van der Waals surface area contributed by atoms with Crippen LogP contribution in [-0.2, 0) is 36.1 Å². The van der Waals surface area contributed by atoms with Gasteiger partial charge in [0.25, 0.3) is 0 Å². The summed E-state index contributed by atoms with van der Waals surface area (Å²) in [5.74, 6) is -2.05. The van der Waals surface area contributed by atoms with Gasteiger partial charge in [0, 0.05) is 47.1 Å². The average molecular weight is 456 g/mol. The number of hydrogen-bond acceptors (Lipinski definition) is 4. The minimum atomic E-state index is -0.682. The molecule has 0 aliphatic rings. The van der Waals surface area contributed by atoms with Gasteiger partial charge in [-0.25, -0.2) is 0 Å². The van der Waals surface area contributed by atoms with Gasteiger partial charge in [-0.2, -0.15) is 0 Å². The Balaban J connectivity index is -0.0000000896. The molecule has 0 aliphatic heterocycles. The van der Waals surface area contributed by atoms with Crippen molar-refractivity contribution in [2.75, 3.05) is 0 Å². The predicted octanol–water partition coefficient (Wildman–Crippen LogP) is 5.34. The summed E-state index contributed by atoms with van der Waals surface area (Å²) in [6.07, 6.45) is 9.66. The molecule has 0 atom stereocenters. The van der Waals surface area contributed by atoms with Gasteiger partial charge in [-0.05, 0) is 33.1 Å². The van der Waals surface area contributed by atoms with E-state index in [0.29, 0.717) is 19.3 Å². The van der Waals surface area contributed by atoms with Crippen LogP contribution in [0.3, 0.4) is 0 Å². The van der Waals surface area contributed by atoms with Crippen molar-refractivity contribution >= 4 is 17.9 Å². The molecule has 0 unspecified atom stereocenters. The van der Waals surface area contributed by atoms with Crippen LogP contribution in [0.5, 0.6) is 0 Å². The topological polar surface area (TPSA) is 132 Å². The van der Waals surface area contributed by atoms with Gasteiger partial charge in [-0.1, -0.05) is 59.3 Å². The SMILES string of the molecule is CC(C)O.CCCCCC(=O)O.CCCCCC(=O)O.CCCCCC(=O)O.[Ti]. The zero-order valence-corrected chi connectivity index (χ0v) is 20.6. The fourth-order valence-electron chi connectivity index (χ4n) is 1.58. The van der Waals surface area contributed by atoms with Crippen LogP contribution in [0.25, 0.3) is 0 Å². The van der Waals surface area contributed by atoms with Gasteiger partial charge in [0.2, 0.25) is 0 Å². The van der Waals surface area contributed by atoms with Gasteiger partial charge in [0.05, 0.1) is 0 Å². The summed E-state index contributed by atoms with van der Waals surface area (Å²) in [6.45, 7) is 9.62. The molecule has 0 bridgehead atoms. The first kappa shape index (κ1) is 38.7. The molecule has 0 aromatic carbocycles. The van der Waals surface area contributed by atoms with E-state index >= 15 is 0 Å². The molecule has 29 heavy (non-hydrogen) atoms. The van der Waals surface area contributed by atoms with Crippen LogP contribution >= 0.6 is 0 Å². The Morgan fingerprint density at radius 3 is 0.862 bits per heavy atom. The monoisotopic (exact) mass is 456 g/mol. The third kappa shape index (κ3) is 85.9. The molecule has 174 valence electrons. The molecule has 0 rings (SSSR count). The second-order valence-corrected chi connectivity index (χ2v) is 6.65. The van der Waals surface area contributed by atoms with Crippen molar-refractivity contribution in [2.24, 2.45) is 0 Å². The van der Waals surface area contributed by atoms with Gasteiger partial charge in [0.1, 0.15) is 0 Å². The van der Waals surface area contributed by atoms with Crippen LogP contribution in [0.2, 0.25) is 0 Å². The minimum Gasteiger partial charge on any atom is -0.481 e. The predicted molar refractivity (Wildman–Crippen MR) is 113 cm³/mol. The molecule has 0 saturated heterocycles. The molecule has 0 aromatic heterocycles. The molecule has 4 N–H and O–H groups in total. The first-order valence-electron chi connectivity index (χ1n) is 10.4. The van der Waals surface area contributed by atoms with Crippen molar-refractivity contribution in [3.05, 3.63) is 0 Å². The van der Waals surface area contributed by atoms with E-state index in [1.54, 1.807) is 13.8 Å². The minimum absolute atomic E-state index is 0.